The molecule has 0 amide bonds. The topological polar surface area (TPSA) is 53.6 Å². The molecule has 2 rings (SSSR count). The molecular weight excluding hydrogens is 248 g/mol. The quantitative estimate of drug-likeness (QED) is 0.795. The van der Waals surface area contributed by atoms with E-state index < -0.39 is 0 Å². The van der Waals surface area contributed by atoms with Gasteiger partial charge < -0.3 is 5.32 Å². The monoisotopic (exact) mass is 272 g/mol. The Bertz CT molecular complexity index is 527. The minimum atomic E-state index is 0.520. The minimum absolute atomic E-state index is 0.520. The molecule has 0 radical (unpaired) electrons. The van der Waals surface area contributed by atoms with Crippen molar-refractivity contribution in [3.8, 4) is 11.4 Å². The van der Waals surface area contributed by atoms with Gasteiger partial charge in [-0.05, 0) is 31.9 Å². The summed E-state index contributed by atoms with van der Waals surface area (Å²) in [6, 6.07) is 8.78. The zero-order valence-electron chi connectivity index (χ0n) is 12.6. The highest BCUT2D eigenvalue weighted by atomic mass is 15.2. The van der Waals surface area contributed by atoms with Crippen molar-refractivity contribution in [2.75, 3.05) is 5.32 Å². The van der Waals surface area contributed by atoms with E-state index in [0.717, 1.165) is 22.9 Å². The highest BCUT2D eigenvalue weighted by Crippen LogP contribution is 2.26. The maximum absolute atomic E-state index is 4.43. The highest BCUT2D eigenvalue weighted by Gasteiger charge is 2.12. The van der Waals surface area contributed by atoms with Crippen LogP contribution in [0, 0.1) is 6.92 Å². The molecule has 4 heteroatoms. The first-order valence-corrected chi connectivity index (χ1v) is 7.49. The van der Waals surface area contributed by atoms with Crippen LogP contribution in [0.1, 0.15) is 45.4 Å². The van der Waals surface area contributed by atoms with Crippen molar-refractivity contribution in [3.63, 3.8) is 0 Å². The van der Waals surface area contributed by atoms with Gasteiger partial charge in [-0.3, -0.25) is 5.10 Å². The van der Waals surface area contributed by atoms with E-state index in [1.54, 1.807) is 0 Å². The fourth-order valence-electron chi connectivity index (χ4n) is 2.47. The molecule has 2 aromatic rings. The largest absolute Gasteiger partial charge is 0.382 e. The molecule has 0 saturated heterocycles. The zero-order valence-corrected chi connectivity index (χ0v) is 12.6. The van der Waals surface area contributed by atoms with E-state index in [1.807, 2.05) is 13.0 Å². The van der Waals surface area contributed by atoms with Crippen molar-refractivity contribution in [1.82, 2.24) is 15.2 Å². The average Bonchev–Trinajstić information content (AvgIpc) is 2.86. The third-order valence-electron chi connectivity index (χ3n) is 3.40. The van der Waals surface area contributed by atoms with E-state index in [-0.39, 0.29) is 0 Å². The molecule has 1 aromatic carbocycles. The maximum atomic E-state index is 4.43. The SMILES string of the molecule is CCCC(CCC)Nc1ccccc1-c1n[nH]c(C)n1. The number of nitrogens with one attached hydrogen (secondary N) is 2. The molecule has 0 unspecified atom stereocenters. The van der Waals surface area contributed by atoms with Crippen LogP contribution in [0.4, 0.5) is 5.69 Å². The van der Waals surface area contributed by atoms with E-state index in [0.29, 0.717) is 6.04 Å². The summed E-state index contributed by atoms with van der Waals surface area (Å²) in [4.78, 5) is 4.43. The lowest BCUT2D eigenvalue weighted by Gasteiger charge is -2.20. The highest BCUT2D eigenvalue weighted by molar-refractivity contribution is 5.73. The van der Waals surface area contributed by atoms with Gasteiger partial charge in [0.1, 0.15) is 5.82 Å². The van der Waals surface area contributed by atoms with Gasteiger partial charge in [0.2, 0.25) is 0 Å². The van der Waals surface area contributed by atoms with Crippen molar-refractivity contribution in [3.05, 3.63) is 30.1 Å². The predicted molar refractivity (Wildman–Crippen MR) is 83.8 cm³/mol. The number of rotatable bonds is 7. The summed E-state index contributed by atoms with van der Waals surface area (Å²) < 4.78 is 0. The number of H-pyrrole nitrogens is 1. The van der Waals surface area contributed by atoms with Crippen LogP contribution >= 0.6 is 0 Å². The van der Waals surface area contributed by atoms with Gasteiger partial charge in [0.05, 0.1) is 0 Å². The van der Waals surface area contributed by atoms with Crippen molar-refractivity contribution >= 4 is 5.69 Å². The van der Waals surface area contributed by atoms with Crippen LogP contribution in [0.25, 0.3) is 11.4 Å². The van der Waals surface area contributed by atoms with Gasteiger partial charge in [-0.2, -0.15) is 5.10 Å². The molecule has 0 fully saturated rings. The molecule has 0 aliphatic rings. The number of para-hydroxylation sites is 1. The van der Waals surface area contributed by atoms with Gasteiger partial charge in [0, 0.05) is 17.3 Å². The van der Waals surface area contributed by atoms with Crippen molar-refractivity contribution in [2.24, 2.45) is 0 Å². The molecule has 0 saturated carbocycles. The van der Waals surface area contributed by atoms with E-state index >= 15 is 0 Å². The molecule has 0 aliphatic carbocycles. The zero-order chi connectivity index (χ0) is 14.4. The predicted octanol–water partition coefficient (Wildman–Crippen LogP) is 4.16. The Morgan fingerprint density at radius 3 is 2.45 bits per heavy atom. The molecule has 0 atom stereocenters. The summed E-state index contributed by atoms with van der Waals surface area (Å²) >= 11 is 0. The second-order valence-electron chi connectivity index (χ2n) is 5.21. The summed E-state index contributed by atoms with van der Waals surface area (Å²) in [6.07, 6.45) is 4.77. The fraction of sp³-hybridized carbons (Fsp3) is 0.500. The number of hydrogen-bond donors (Lipinski definition) is 2. The Kier molecular flexibility index (Phi) is 5.16. The lowest BCUT2D eigenvalue weighted by atomic mass is 10.0. The van der Waals surface area contributed by atoms with Crippen LogP contribution in [0.5, 0.6) is 0 Å². The normalized spacial score (nSPS) is 11.0. The number of benzene rings is 1. The molecule has 0 bridgehead atoms. The number of aryl methyl sites for hydroxylation is 1. The fourth-order valence-corrected chi connectivity index (χ4v) is 2.47. The van der Waals surface area contributed by atoms with Crippen molar-refractivity contribution in [1.29, 1.82) is 0 Å². The Morgan fingerprint density at radius 2 is 1.85 bits per heavy atom. The second kappa shape index (κ2) is 7.08. The summed E-state index contributed by atoms with van der Waals surface area (Å²) in [6.45, 7) is 6.38. The van der Waals surface area contributed by atoms with Crippen LogP contribution in [-0.2, 0) is 0 Å². The van der Waals surface area contributed by atoms with Gasteiger partial charge in [-0.25, -0.2) is 4.98 Å². The number of anilines is 1. The average molecular weight is 272 g/mol. The van der Waals surface area contributed by atoms with E-state index in [4.69, 9.17) is 0 Å². The molecule has 1 heterocycles. The van der Waals surface area contributed by atoms with E-state index in [2.05, 4.69) is 52.5 Å². The first-order valence-electron chi connectivity index (χ1n) is 7.49. The van der Waals surface area contributed by atoms with Gasteiger partial charge in [0.15, 0.2) is 5.82 Å². The Morgan fingerprint density at radius 1 is 1.15 bits per heavy atom. The van der Waals surface area contributed by atoms with Gasteiger partial charge >= 0.3 is 0 Å². The molecule has 1 aromatic heterocycles. The van der Waals surface area contributed by atoms with Gasteiger partial charge in [0.25, 0.3) is 0 Å². The van der Waals surface area contributed by atoms with E-state index in [1.165, 1.54) is 25.7 Å². The van der Waals surface area contributed by atoms with Crippen LogP contribution in [0.3, 0.4) is 0 Å². The van der Waals surface area contributed by atoms with Crippen LogP contribution in [0.15, 0.2) is 24.3 Å². The standard InChI is InChI=1S/C16H24N4/c1-4-8-13(9-5-2)18-15-11-7-6-10-14(15)16-17-12(3)19-20-16/h6-7,10-11,13,18H,4-5,8-9H2,1-3H3,(H,17,19,20). The summed E-state index contributed by atoms with van der Waals surface area (Å²) in [5.74, 6) is 1.60. The number of aromatic amines is 1. The van der Waals surface area contributed by atoms with Crippen LogP contribution in [-0.4, -0.2) is 21.2 Å². The first-order chi connectivity index (χ1) is 9.74. The molecule has 4 nitrogen and oxygen atoms in total. The number of hydrogen-bond acceptors (Lipinski definition) is 3. The summed E-state index contributed by atoms with van der Waals surface area (Å²) in [7, 11) is 0. The lowest BCUT2D eigenvalue weighted by molar-refractivity contribution is 0.586. The Balaban J connectivity index is 2.23. The molecule has 2 N–H and O–H groups in total. The minimum Gasteiger partial charge on any atom is -0.382 e. The Labute approximate surface area is 121 Å². The lowest BCUT2D eigenvalue weighted by Crippen LogP contribution is -2.19. The van der Waals surface area contributed by atoms with Crippen molar-refractivity contribution < 1.29 is 0 Å². The molecular formula is C16H24N4. The van der Waals surface area contributed by atoms with Crippen molar-refractivity contribution in [2.45, 2.75) is 52.5 Å². The van der Waals surface area contributed by atoms with E-state index in [9.17, 15) is 0 Å². The van der Waals surface area contributed by atoms with Gasteiger partial charge in [-0.15, -0.1) is 0 Å². The molecule has 0 spiro atoms. The van der Waals surface area contributed by atoms with Crippen LogP contribution in [0.2, 0.25) is 0 Å². The summed E-state index contributed by atoms with van der Waals surface area (Å²) in [5.41, 5.74) is 2.19. The first kappa shape index (κ1) is 14.6. The molecule has 108 valence electrons. The maximum Gasteiger partial charge on any atom is 0.183 e. The van der Waals surface area contributed by atoms with Crippen LogP contribution < -0.4 is 5.32 Å². The third kappa shape index (κ3) is 3.59. The van der Waals surface area contributed by atoms with Gasteiger partial charge in [-0.1, -0.05) is 38.8 Å². The summed E-state index contributed by atoms with van der Waals surface area (Å²) in [5, 5.41) is 10.8. The number of nitrogens with zero attached hydrogens (tertiary/aromatic N) is 2. The number of aromatic nitrogens is 3. The smallest absolute Gasteiger partial charge is 0.183 e. The third-order valence-corrected chi connectivity index (χ3v) is 3.40. The molecule has 20 heavy (non-hydrogen) atoms. The Hall–Kier alpha value is -1.84. The molecule has 0 aliphatic heterocycles. The second-order valence-corrected chi connectivity index (χ2v) is 5.21.